The van der Waals surface area contributed by atoms with Crippen LogP contribution < -0.4 is 5.73 Å². The molecule has 1 aromatic heterocycles. The summed E-state index contributed by atoms with van der Waals surface area (Å²) >= 11 is 1.54. The summed E-state index contributed by atoms with van der Waals surface area (Å²) in [5.41, 5.74) is 6.45. The molecule has 2 N–H and O–H groups in total. The van der Waals surface area contributed by atoms with Gasteiger partial charge in [0.2, 0.25) is 5.91 Å². The molecule has 128 valence electrons. The zero-order chi connectivity index (χ0) is 16.8. The molecule has 1 aliphatic rings. The van der Waals surface area contributed by atoms with E-state index >= 15 is 0 Å². The predicted octanol–water partition coefficient (Wildman–Crippen LogP) is 1.89. The summed E-state index contributed by atoms with van der Waals surface area (Å²) in [6, 6.07) is 10.3. The number of likely N-dealkylation sites (tertiary alicyclic amines) is 1. The Morgan fingerprint density at radius 1 is 1.12 bits per heavy atom. The van der Waals surface area contributed by atoms with E-state index in [2.05, 4.69) is 31.8 Å². The average molecular weight is 345 g/mol. The number of nitrogens with zero attached hydrogens (tertiary/aromatic N) is 4. The monoisotopic (exact) mass is 345 g/mol. The van der Waals surface area contributed by atoms with E-state index in [0.29, 0.717) is 12.2 Å². The highest BCUT2D eigenvalue weighted by atomic mass is 32.2. The Morgan fingerprint density at radius 3 is 2.58 bits per heavy atom. The van der Waals surface area contributed by atoms with E-state index in [-0.39, 0.29) is 5.91 Å². The van der Waals surface area contributed by atoms with Gasteiger partial charge in [-0.2, -0.15) is 0 Å². The summed E-state index contributed by atoms with van der Waals surface area (Å²) < 4.78 is 2.17. The molecule has 2 aromatic rings. The molecule has 0 aliphatic carbocycles. The van der Waals surface area contributed by atoms with Crippen molar-refractivity contribution in [3.05, 3.63) is 41.7 Å². The summed E-state index contributed by atoms with van der Waals surface area (Å²) in [6.45, 7) is 3.83. The highest BCUT2D eigenvalue weighted by Gasteiger charge is 2.18. The summed E-state index contributed by atoms with van der Waals surface area (Å²) in [5.74, 6) is 1.34. The highest BCUT2D eigenvalue weighted by Crippen LogP contribution is 2.21. The third-order valence-electron chi connectivity index (χ3n) is 4.12. The van der Waals surface area contributed by atoms with Gasteiger partial charge in [-0.3, -0.25) is 9.69 Å². The van der Waals surface area contributed by atoms with E-state index < -0.39 is 0 Å². The van der Waals surface area contributed by atoms with E-state index in [0.717, 1.165) is 37.2 Å². The van der Waals surface area contributed by atoms with Crippen molar-refractivity contribution in [3.63, 3.8) is 0 Å². The molecule has 1 aliphatic heterocycles. The van der Waals surface area contributed by atoms with Crippen molar-refractivity contribution < 1.29 is 4.79 Å². The molecular formula is C17H23N5OS. The maximum Gasteiger partial charge on any atom is 0.218 e. The van der Waals surface area contributed by atoms with E-state index in [9.17, 15) is 4.79 Å². The Bertz CT molecular complexity index is 667. The molecule has 1 fully saturated rings. The highest BCUT2D eigenvalue weighted by molar-refractivity contribution is 7.99. The Balaban J connectivity index is 1.76. The second kappa shape index (κ2) is 8.30. The second-order valence-corrected chi connectivity index (χ2v) is 7.08. The number of thioether (sulfide) groups is 1. The normalized spacial score (nSPS) is 15.0. The lowest BCUT2D eigenvalue weighted by atomic mass is 10.2. The van der Waals surface area contributed by atoms with Crippen LogP contribution in [0.15, 0.2) is 35.5 Å². The number of nitrogens with two attached hydrogens (primary N) is 1. The Morgan fingerprint density at radius 2 is 1.88 bits per heavy atom. The quantitative estimate of drug-likeness (QED) is 0.739. The van der Waals surface area contributed by atoms with Crippen molar-refractivity contribution in [3.8, 4) is 0 Å². The van der Waals surface area contributed by atoms with Crippen LogP contribution in [-0.4, -0.2) is 44.4 Å². The molecule has 1 aromatic carbocycles. The molecule has 3 rings (SSSR count). The summed E-state index contributed by atoms with van der Waals surface area (Å²) in [4.78, 5) is 13.4. The van der Waals surface area contributed by atoms with Gasteiger partial charge in [-0.05, 0) is 31.5 Å². The second-order valence-electron chi connectivity index (χ2n) is 6.02. The van der Waals surface area contributed by atoms with Crippen LogP contribution in [0, 0.1) is 0 Å². The molecule has 24 heavy (non-hydrogen) atoms. The Kier molecular flexibility index (Phi) is 5.87. The molecule has 0 saturated carbocycles. The Hall–Kier alpha value is -1.86. The minimum Gasteiger partial charge on any atom is -0.370 e. The van der Waals surface area contributed by atoms with Crippen molar-refractivity contribution in [1.29, 1.82) is 0 Å². The van der Waals surface area contributed by atoms with Crippen LogP contribution >= 0.6 is 11.8 Å². The van der Waals surface area contributed by atoms with Crippen LogP contribution in [0.1, 0.15) is 30.7 Å². The first-order chi connectivity index (χ1) is 11.7. The van der Waals surface area contributed by atoms with Gasteiger partial charge < -0.3 is 10.3 Å². The topological polar surface area (TPSA) is 77.0 Å². The largest absolute Gasteiger partial charge is 0.370 e. The van der Waals surface area contributed by atoms with Crippen LogP contribution in [0.4, 0.5) is 0 Å². The zero-order valence-electron chi connectivity index (χ0n) is 13.7. The number of hydrogen-bond donors (Lipinski definition) is 1. The molecule has 0 radical (unpaired) electrons. The summed E-state index contributed by atoms with van der Waals surface area (Å²) in [5, 5.41) is 9.61. The van der Waals surface area contributed by atoms with Gasteiger partial charge in [0.1, 0.15) is 5.82 Å². The van der Waals surface area contributed by atoms with Crippen molar-refractivity contribution in [2.24, 2.45) is 5.73 Å². The number of aromatic nitrogens is 3. The molecule has 0 spiro atoms. The molecule has 1 amide bonds. The van der Waals surface area contributed by atoms with Crippen molar-refractivity contribution in [2.75, 3.05) is 18.8 Å². The maximum atomic E-state index is 11.0. The lowest BCUT2D eigenvalue weighted by Crippen LogP contribution is -2.21. The van der Waals surface area contributed by atoms with Crippen molar-refractivity contribution in [1.82, 2.24) is 19.7 Å². The van der Waals surface area contributed by atoms with Gasteiger partial charge in [0.05, 0.1) is 13.1 Å². The third kappa shape index (κ3) is 4.58. The molecular weight excluding hydrogens is 322 g/mol. The van der Waals surface area contributed by atoms with Crippen LogP contribution in [-0.2, 0) is 17.9 Å². The average Bonchev–Trinajstić information content (AvgIpc) is 3.21. The van der Waals surface area contributed by atoms with Crippen LogP contribution in [0.5, 0.6) is 0 Å². The number of rotatable bonds is 8. The number of carbonyl (C=O) groups is 1. The van der Waals surface area contributed by atoms with Crippen LogP contribution in [0.2, 0.25) is 0 Å². The molecule has 0 atom stereocenters. The predicted molar refractivity (Wildman–Crippen MR) is 94.6 cm³/mol. The lowest BCUT2D eigenvalue weighted by Gasteiger charge is -2.16. The third-order valence-corrected chi connectivity index (χ3v) is 5.09. The van der Waals surface area contributed by atoms with Gasteiger partial charge in [0, 0.05) is 12.2 Å². The van der Waals surface area contributed by atoms with Crippen LogP contribution in [0.3, 0.4) is 0 Å². The van der Waals surface area contributed by atoms with Gasteiger partial charge in [-0.25, -0.2) is 0 Å². The van der Waals surface area contributed by atoms with E-state index in [1.165, 1.54) is 18.4 Å². The number of amides is 1. The first kappa shape index (κ1) is 17.0. The Labute approximate surface area is 146 Å². The fraction of sp³-hybridized carbons (Fsp3) is 0.471. The molecule has 0 unspecified atom stereocenters. The van der Waals surface area contributed by atoms with E-state index in [4.69, 9.17) is 5.73 Å². The van der Waals surface area contributed by atoms with Gasteiger partial charge >= 0.3 is 0 Å². The molecule has 2 heterocycles. The first-order valence-electron chi connectivity index (χ1n) is 8.32. The number of carbonyl (C=O) groups excluding carboxylic acids is 1. The maximum absolute atomic E-state index is 11.0. The number of primary amides is 1. The van der Waals surface area contributed by atoms with Crippen molar-refractivity contribution in [2.45, 2.75) is 37.5 Å². The molecule has 7 heteroatoms. The number of hydrogen-bond acceptors (Lipinski definition) is 5. The van der Waals surface area contributed by atoms with Crippen LogP contribution in [0.25, 0.3) is 0 Å². The molecule has 6 nitrogen and oxygen atoms in total. The van der Waals surface area contributed by atoms with E-state index in [1.54, 1.807) is 11.8 Å². The van der Waals surface area contributed by atoms with Gasteiger partial charge in [-0.1, -0.05) is 42.1 Å². The number of benzene rings is 1. The van der Waals surface area contributed by atoms with Crippen molar-refractivity contribution >= 4 is 17.7 Å². The fourth-order valence-electron chi connectivity index (χ4n) is 2.85. The first-order valence-corrected chi connectivity index (χ1v) is 9.30. The summed E-state index contributed by atoms with van der Waals surface area (Å²) in [6.07, 6.45) is 2.87. The molecule has 0 bridgehead atoms. The summed E-state index contributed by atoms with van der Waals surface area (Å²) in [7, 11) is 0. The standard InChI is InChI=1S/C17H23N5OS/c18-15(23)8-11-24-17-20-19-16(13-21-9-4-5-10-21)22(17)12-14-6-2-1-3-7-14/h1-3,6-7H,4-5,8-13H2,(H2,18,23). The van der Waals surface area contributed by atoms with E-state index in [1.807, 2.05) is 18.2 Å². The smallest absolute Gasteiger partial charge is 0.218 e. The molecule has 1 saturated heterocycles. The van der Waals surface area contributed by atoms with Gasteiger partial charge in [0.25, 0.3) is 0 Å². The minimum atomic E-state index is -0.283. The van der Waals surface area contributed by atoms with Gasteiger partial charge in [0.15, 0.2) is 5.16 Å². The SMILES string of the molecule is NC(=O)CCSc1nnc(CN2CCCC2)n1Cc1ccccc1. The van der Waals surface area contributed by atoms with Gasteiger partial charge in [-0.15, -0.1) is 10.2 Å². The lowest BCUT2D eigenvalue weighted by molar-refractivity contribution is -0.117. The zero-order valence-corrected chi connectivity index (χ0v) is 14.5. The minimum absolute atomic E-state index is 0.283. The fourth-order valence-corrected chi connectivity index (χ4v) is 3.76.